The molecule has 0 spiro atoms. The third kappa shape index (κ3) is 4.42. The van der Waals surface area contributed by atoms with E-state index in [2.05, 4.69) is 15.0 Å². The van der Waals surface area contributed by atoms with Crippen LogP contribution in [0.25, 0.3) is 11.1 Å². The molecule has 1 fully saturated rings. The fraction of sp³-hybridized carbons (Fsp3) is 0.200. The van der Waals surface area contributed by atoms with E-state index in [4.69, 9.17) is 22.1 Å². The summed E-state index contributed by atoms with van der Waals surface area (Å²) in [5.41, 5.74) is 10.2. The minimum absolute atomic E-state index is 0.221. The summed E-state index contributed by atoms with van der Waals surface area (Å²) >= 11 is 6.57. The second kappa shape index (κ2) is 8.84. The van der Waals surface area contributed by atoms with Crippen molar-refractivity contribution in [1.29, 1.82) is 0 Å². The summed E-state index contributed by atoms with van der Waals surface area (Å²) in [5.74, 6) is -0.381. The SMILES string of the molecule is Nc1ccc(N(CC2(Cn3cncn3)COC2)c2ccc(F)cc2Cl)c(-c2ccccc2)c1. The number of nitrogens with two attached hydrogens (primary N) is 1. The highest BCUT2D eigenvalue weighted by Crippen LogP contribution is 2.43. The lowest BCUT2D eigenvalue weighted by atomic mass is 9.84. The van der Waals surface area contributed by atoms with E-state index < -0.39 is 0 Å². The quantitative estimate of drug-likeness (QED) is 0.383. The van der Waals surface area contributed by atoms with Crippen molar-refractivity contribution in [3.8, 4) is 11.1 Å². The van der Waals surface area contributed by atoms with E-state index in [1.807, 2.05) is 53.2 Å². The predicted octanol–water partition coefficient (Wildman–Crippen LogP) is 5.17. The van der Waals surface area contributed by atoms with Gasteiger partial charge in [-0.3, -0.25) is 4.68 Å². The Hall–Kier alpha value is -3.42. The molecule has 1 saturated heterocycles. The van der Waals surface area contributed by atoms with Crippen molar-refractivity contribution in [1.82, 2.24) is 14.8 Å². The number of hydrogen-bond donors (Lipinski definition) is 1. The van der Waals surface area contributed by atoms with E-state index in [0.29, 0.717) is 42.7 Å². The largest absolute Gasteiger partial charge is 0.399 e. The third-order valence-corrected chi connectivity index (χ3v) is 6.17. The normalized spacial score (nSPS) is 14.6. The lowest BCUT2D eigenvalue weighted by Crippen LogP contribution is -2.52. The lowest BCUT2D eigenvalue weighted by Gasteiger charge is -2.45. The van der Waals surface area contributed by atoms with Crippen molar-refractivity contribution < 1.29 is 9.13 Å². The minimum atomic E-state index is -0.381. The maximum atomic E-state index is 13.9. The Morgan fingerprint density at radius 2 is 1.85 bits per heavy atom. The van der Waals surface area contributed by atoms with Crippen molar-refractivity contribution in [2.75, 3.05) is 30.4 Å². The Labute approximate surface area is 196 Å². The molecule has 1 aliphatic rings. The van der Waals surface area contributed by atoms with Gasteiger partial charge < -0.3 is 15.4 Å². The van der Waals surface area contributed by atoms with Gasteiger partial charge in [-0.25, -0.2) is 9.37 Å². The van der Waals surface area contributed by atoms with Crippen LogP contribution < -0.4 is 10.6 Å². The van der Waals surface area contributed by atoms with E-state index >= 15 is 0 Å². The van der Waals surface area contributed by atoms with E-state index in [-0.39, 0.29) is 11.2 Å². The molecule has 4 aromatic rings. The Balaban J connectivity index is 1.63. The Morgan fingerprint density at radius 3 is 2.52 bits per heavy atom. The van der Waals surface area contributed by atoms with Gasteiger partial charge in [0.05, 0.1) is 35.9 Å². The molecule has 6 nitrogen and oxygen atoms in total. The molecule has 1 aromatic heterocycles. The van der Waals surface area contributed by atoms with Gasteiger partial charge in [-0.15, -0.1) is 0 Å². The molecule has 3 aromatic carbocycles. The van der Waals surface area contributed by atoms with Gasteiger partial charge in [0.2, 0.25) is 0 Å². The van der Waals surface area contributed by atoms with Gasteiger partial charge in [0.15, 0.2) is 0 Å². The van der Waals surface area contributed by atoms with Crippen LogP contribution >= 0.6 is 11.6 Å². The third-order valence-electron chi connectivity index (χ3n) is 5.87. The maximum absolute atomic E-state index is 13.9. The van der Waals surface area contributed by atoms with Crippen LogP contribution in [0.3, 0.4) is 0 Å². The highest BCUT2D eigenvalue weighted by atomic mass is 35.5. The highest BCUT2D eigenvalue weighted by molar-refractivity contribution is 6.33. The second-order valence-corrected chi connectivity index (χ2v) is 8.82. The summed E-state index contributed by atoms with van der Waals surface area (Å²) in [6.45, 7) is 2.36. The van der Waals surface area contributed by atoms with Crippen molar-refractivity contribution in [3.05, 3.63) is 90.2 Å². The van der Waals surface area contributed by atoms with Crippen molar-refractivity contribution in [2.45, 2.75) is 6.54 Å². The molecule has 1 aliphatic heterocycles. The Bertz CT molecular complexity index is 1250. The standard InChI is InChI=1S/C25H23ClFN5O/c26-22-10-19(27)6-8-24(22)32(13-25(14-33-15-25)12-31-17-29-16-30-31)23-9-7-20(28)11-21(23)18-4-2-1-3-5-18/h1-11,16-17H,12-15,28H2. The van der Waals surface area contributed by atoms with Crippen LogP contribution in [-0.2, 0) is 11.3 Å². The lowest BCUT2D eigenvalue weighted by molar-refractivity contribution is -0.117. The molecule has 0 aliphatic carbocycles. The predicted molar refractivity (Wildman–Crippen MR) is 128 cm³/mol. The molecule has 0 amide bonds. The van der Waals surface area contributed by atoms with E-state index in [9.17, 15) is 4.39 Å². The van der Waals surface area contributed by atoms with Gasteiger partial charge in [0.1, 0.15) is 18.5 Å². The first-order valence-corrected chi connectivity index (χ1v) is 11.0. The monoisotopic (exact) mass is 463 g/mol. The zero-order valence-electron chi connectivity index (χ0n) is 17.9. The molecule has 0 unspecified atom stereocenters. The number of nitrogen functional groups attached to an aromatic ring is 1. The first-order valence-electron chi connectivity index (χ1n) is 10.6. The zero-order chi connectivity index (χ0) is 22.8. The van der Waals surface area contributed by atoms with Crippen molar-refractivity contribution in [3.63, 3.8) is 0 Å². The molecular weight excluding hydrogens is 441 g/mol. The Morgan fingerprint density at radius 1 is 1.06 bits per heavy atom. The van der Waals surface area contributed by atoms with Crippen LogP contribution in [0.5, 0.6) is 0 Å². The topological polar surface area (TPSA) is 69.2 Å². The summed E-state index contributed by atoms with van der Waals surface area (Å²) in [6, 6.07) is 20.3. The van der Waals surface area contributed by atoms with Crippen molar-refractivity contribution >= 4 is 28.7 Å². The average molecular weight is 464 g/mol. The summed E-state index contributed by atoms with van der Waals surface area (Å²) in [7, 11) is 0. The molecule has 2 N–H and O–H groups in total. The number of benzene rings is 3. The fourth-order valence-corrected chi connectivity index (χ4v) is 4.52. The van der Waals surface area contributed by atoms with Crippen LogP contribution in [0.2, 0.25) is 5.02 Å². The molecule has 33 heavy (non-hydrogen) atoms. The smallest absolute Gasteiger partial charge is 0.137 e. The average Bonchev–Trinajstić information content (AvgIpc) is 3.30. The molecule has 8 heteroatoms. The highest BCUT2D eigenvalue weighted by Gasteiger charge is 2.42. The molecule has 0 bridgehead atoms. The van der Waals surface area contributed by atoms with Crippen molar-refractivity contribution in [2.24, 2.45) is 5.41 Å². The van der Waals surface area contributed by atoms with Gasteiger partial charge in [0.25, 0.3) is 0 Å². The molecule has 0 radical (unpaired) electrons. The fourth-order valence-electron chi connectivity index (χ4n) is 4.25. The van der Waals surface area contributed by atoms with Gasteiger partial charge in [-0.1, -0.05) is 41.9 Å². The van der Waals surface area contributed by atoms with E-state index in [1.54, 1.807) is 12.4 Å². The number of rotatable bonds is 7. The number of aromatic nitrogens is 3. The zero-order valence-corrected chi connectivity index (χ0v) is 18.6. The van der Waals surface area contributed by atoms with E-state index in [0.717, 1.165) is 16.8 Å². The summed E-state index contributed by atoms with van der Waals surface area (Å²) < 4.78 is 21.4. The number of halogens is 2. The van der Waals surface area contributed by atoms with Gasteiger partial charge >= 0.3 is 0 Å². The van der Waals surface area contributed by atoms with Crippen LogP contribution in [0, 0.1) is 11.2 Å². The molecule has 5 rings (SSSR count). The summed E-state index contributed by atoms with van der Waals surface area (Å²) in [5, 5.41) is 4.62. The minimum Gasteiger partial charge on any atom is -0.399 e. The Kier molecular flexibility index (Phi) is 5.74. The molecular formula is C25H23ClFN5O. The van der Waals surface area contributed by atoms with Gasteiger partial charge in [-0.2, -0.15) is 5.10 Å². The number of ether oxygens (including phenoxy) is 1. The summed E-state index contributed by atoms with van der Waals surface area (Å²) in [4.78, 5) is 6.20. The molecule has 168 valence electrons. The van der Waals surface area contributed by atoms with Crippen LogP contribution in [0.15, 0.2) is 79.4 Å². The number of anilines is 3. The number of nitrogens with zero attached hydrogens (tertiary/aromatic N) is 4. The van der Waals surface area contributed by atoms with Gasteiger partial charge in [0, 0.05) is 23.5 Å². The first kappa shape index (κ1) is 21.4. The summed E-state index contributed by atoms with van der Waals surface area (Å²) in [6.07, 6.45) is 3.23. The van der Waals surface area contributed by atoms with Gasteiger partial charge in [-0.05, 0) is 42.0 Å². The molecule has 0 atom stereocenters. The maximum Gasteiger partial charge on any atom is 0.137 e. The number of hydrogen-bond acceptors (Lipinski definition) is 5. The van der Waals surface area contributed by atoms with Crippen LogP contribution in [0.4, 0.5) is 21.5 Å². The molecule has 2 heterocycles. The second-order valence-electron chi connectivity index (χ2n) is 8.41. The first-order chi connectivity index (χ1) is 16.0. The van der Waals surface area contributed by atoms with Crippen LogP contribution in [0.1, 0.15) is 0 Å². The van der Waals surface area contributed by atoms with E-state index in [1.165, 1.54) is 18.5 Å². The molecule has 0 saturated carbocycles. The van der Waals surface area contributed by atoms with Crippen LogP contribution in [-0.4, -0.2) is 34.5 Å².